The Kier molecular flexibility index (Phi) is 4.00. The minimum absolute atomic E-state index is 0.0563. The van der Waals surface area contributed by atoms with E-state index in [1.165, 1.54) is 11.1 Å². The summed E-state index contributed by atoms with van der Waals surface area (Å²) in [7, 11) is 0. The molecule has 0 fully saturated rings. The van der Waals surface area contributed by atoms with E-state index in [-0.39, 0.29) is 5.41 Å². The number of rotatable bonds is 2. The molecule has 0 saturated carbocycles. The summed E-state index contributed by atoms with van der Waals surface area (Å²) >= 11 is 3.51. The second-order valence-corrected chi connectivity index (χ2v) is 6.72. The maximum Gasteiger partial charge on any atom is 0.132 e. The van der Waals surface area contributed by atoms with Crippen molar-refractivity contribution in [2.75, 3.05) is 0 Å². The maximum absolute atomic E-state index is 6.04. The van der Waals surface area contributed by atoms with Crippen LogP contribution in [0.4, 0.5) is 0 Å². The lowest BCUT2D eigenvalue weighted by Crippen LogP contribution is -2.12. The van der Waals surface area contributed by atoms with Crippen LogP contribution >= 0.6 is 15.9 Å². The van der Waals surface area contributed by atoms with Crippen LogP contribution in [0.25, 0.3) is 0 Å². The summed E-state index contributed by atoms with van der Waals surface area (Å²) in [5.41, 5.74) is 2.50. The summed E-state index contributed by atoms with van der Waals surface area (Å²) in [5.74, 6) is 1.78. The summed E-state index contributed by atoms with van der Waals surface area (Å²) in [6.45, 7) is 8.65. The molecule has 0 aliphatic heterocycles. The van der Waals surface area contributed by atoms with Crippen LogP contribution in [-0.4, -0.2) is 0 Å². The molecular weight excluding hydrogens is 300 g/mol. The van der Waals surface area contributed by atoms with Crippen molar-refractivity contribution in [3.05, 3.63) is 58.1 Å². The lowest BCUT2D eigenvalue weighted by Gasteiger charge is -2.23. The van der Waals surface area contributed by atoms with Gasteiger partial charge in [-0.05, 0) is 36.6 Å². The van der Waals surface area contributed by atoms with Gasteiger partial charge in [0.25, 0.3) is 0 Å². The Hall–Kier alpha value is -1.28. The van der Waals surface area contributed by atoms with Crippen molar-refractivity contribution in [2.24, 2.45) is 0 Å². The first-order valence-electron chi connectivity index (χ1n) is 6.41. The highest BCUT2D eigenvalue weighted by molar-refractivity contribution is 9.10. The first-order valence-corrected chi connectivity index (χ1v) is 7.20. The third-order valence-corrected chi connectivity index (χ3v) is 3.49. The molecule has 0 aromatic heterocycles. The van der Waals surface area contributed by atoms with Crippen molar-refractivity contribution in [1.29, 1.82) is 0 Å². The van der Waals surface area contributed by atoms with Crippen LogP contribution in [0.2, 0.25) is 0 Å². The molecule has 0 amide bonds. The van der Waals surface area contributed by atoms with Crippen molar-refractivity contribution < 1.29 is 4.74 Å². The minimum Gasteiger partial charge on any atom is -0.457 e. The van der Waals surface area contributed by atoms with Gasteiger partial charge in [0.1, 0.15) is 11.5 Å². The number of benzene rings is 2. The van der Waals surface area contributed by atoms with Crippen molar-refractivity contribution in [3.63, 3.8) is 0 Å². The van der Waals surface area contributed by atoms with E-state index in [1.807, 2.05) is 18.2 Å². The van der Waals surface area contributed by atoms with Gasteiger partial charge in [0.15, 0.2) is 0 Å². The zero-order chi connectivity index (χ0) is 14.0. The second kappa shape index (κ2) is 5.38. The van der Waals surface area contributed by atoms with Gasteiger partial charge in [-0.15, -0.1) is 0 Å². The number of halogens is 1. The van der Waals surface area contributed by atoms with Crippen molar-refractivity contribution in [1.82, 2.24) is 0 Å². The van der Waals surface area contributed by atoms with Crippen molar-refractivity contribution >= 4 is 15.9 Å². The molecule has 2 rings (SSSR count). The van der Waals surface area contributed by atoms with E-state index < -0.39 is 0 Å². The number of ether oxygens (including phenoxy) is 1. The molecule has 0 spiro atoms. The SMILES string of the molecule is Cc1ccc(Oc2cc(Br)ccc2C(C)(C)C)cc1. The number of hydrogen-bond acceptors (Lipinski definition) is 1. The molecule has 0 heterocycles. The summed E-state index contributed by atoms with van der Waals surface area (Å²) in [5, 5.41) is 0. The Morgan fingerprint density at radius 1 is 0.947 bits per heavy atom. The zero-order valence-electron chi connectivity index (χ0n) is 11.8. The first kappa shape index (κ1) is 14.1. The van der Waals surface area contributed by atoms with E-state index >= 15 is 0 Å². The Morgan fingerprint density at radius 2 is 1.58 bits per heavy atom. The zero-order valence-corrected chi connectivity index (χ0v) is 13.4. The molecule has 0 atom stereocenters. The Morgan fingerprint density at radius 3 is 2.16 bits per heavy atom. The minimum atomic E-state index is 0.0563. The average molecular weight is 319 g/mol. The normalized spacial score (nSPS) is 11.4. The summed E-state index contributed by atoms with van der Waals surface area (Å²) in [6.07, 6.45) is 0. The van der Waals surface area contributed by atoms with E-state index in [0.29, 0.717) is 0 Å². The van der Waals surface area contributed by atoms with Gasteiger partial charge < -0.3 is 4.74 Å². The van der Waals surface area contributed by atoms with E-state index in [9.17, 15) is 0 Å². The Balaban J connectivity index is 2.38. The molecule has 2 aromatic rings. The van der Waals surface area contributed by atoms with Gasteiger partial charge in [0.2, 0.25) is 0 Å². The molecule has 0 radical (unpaired) electrons. The van der Waals surface area contributed by atoms with Crippen LogP contribution in [0.1, 0.15) is 31.9 Å². The largest absolute Gasteiger partial charge is 0.457 e. The van der Waals surface area contributed by atoms with Gasteiger partial charge in [-0.3, -0.25) is 0 Å². The molecule has 0 bridgehead atoms. The molecule has 2 aromatic carbocycles. The third-order valence-electron chi connectivity index (χ3n) is 3.00. The fraction of sp³-hybridized carbons (Fsp3) is 0.294. The van der Waals surface area contributed by atoms with Crippen molar-refractivity contribution in [2.45, 2.75) is 33.1 Å². The van der Waals surface area contributed by atoms with E-state index in [1.54, 1.807) is 0 Å². The molecule has 1 nitrogen and oxygen atoms in total. The fourth-order valence-corrected chi connectivity index (χ4v) is 2.27. The van der Waals surface area contributed by atoms with Crippen LogP contribution in [0.15, 0.2) is 46.9 Å². The van der Waals surface area contributed by atoms with Gasteiger partial charge in [-0.1, -0.05) is 60.5 Å². The van der Waals surface area contributed by atoms with Crippen LogP contribution in [0.5, 0.6) is 11.5 Å². The highest BCUT2D eigenvalue weighted by Gasteiger charge is 2.19. The van der Waals surface area contributed by atoms with Gasteiger partial charge in [-0.2, -0.15) is 0 Å². The predicted molar refractivity (Wildman–Crippen MR) is 84.1 cm³/mol. The maximum atomic E-state index is 6.04. The molecule has 0 unspecified atom stereocenters. The quantitative estimate of drug-likeness (QED) is 0.675. The Bertz CT molecular complexity index is 565. The molecule has 2 heteroatoms. The molecule has 19 heavy (non-hydrogen) atoms. The molecule has 0 aliphatic carbocycles. The van der Waals surface area contributed by atoms with E-state index in [0.717, 1.165) is 16.0 Å². The van der Waals surface area contributed by atoms with Crippen molar-refractivity contribution in [3.8, 4) is 11.5 Å². The third kappa shape index (κ3) is 3.60. The topological polar surface area (TPSA) is 9.23 Å². The molecule has 100 valence electrons. The number of hydrogen-bond donors (Lipinski definition) is 0. The standard InChI is InChI=1S/C17H19BrO/c1-12-5-8-14(9-6-12)19-16-11-13(18)7-10-15(16)17(2,3)4/h5-11H,1-4H3. The monoisotopic (exact) mass is 318 g/mol. The predicted octanol–water partition coefficient (Wildman–Crippen LogP) is 5.85. The van der Waals surface area contributed by atoms with Crippen LogP contribution in [0.3, 0.4) is 0 Å². The van der Waals surface area contributed by atoms with Crippen LogP contribution in [0, 0.1) is 6.92 Å². The van der Waals surface area contributed by atoms with E-state index in [4.69, 9.17) is 4.74 Å². The first-order chi connectivity index (χ1) is 8.86. The summed E-state index contributed by atoms with van der Waals surface area (Å²) < 4.78 is 7.07. The van der Waals surface area contributed by atoms with Gasteiger partial charge in [0, 0.05) is 10.0 Å². The smallest absolute Gasteiger partial charge is 0.132 e. The fourth-order valence-electron chi connectivity index (χ4n) is 1.93. The molecule has 0 N–H and O–H groups in total. The highest BCUT2D eigenvalue weighted by Crippen LogP contribution is 2.36. The molecule has 0 saturated heterocycles. The average Bonchev–Trinajstić information content (AvgIpc) is 2.30. The van der Waals surface area contributed by atoms with E-state index in [2.05, 4.69) is 67.9 Å². The number of aryl methyl sites for hydroxylation is 1. The van der Waals surface area contributed by atoms with Gasteiger partial charge in [0.05, 0.1) is 0 Å². The van der Waals surface area contributed by atoms with Crippen LogP contribution < -0.4 is 4.74 Å². The lowest BCUT2D eigenvalue weighted by molar-refractivity contribution is 0.455. The summed E-state index contributed by atoms with van der Waals surface area (Å²) in [4.78, 5) is 0. The highest BCUT2D eigenvalue weighted by atomic mass is 79.9. The van der Waals surface area contributed by atoms with Gasteiger partial charge >= 0.3 is 0 Å². The summed E-state index contributed by atoms with van der Waals surface area (Å²) in [6, 6.07) is 14.3. The second-order valence-electron chi connectivity index (χ2n) is 5.81. The lowest BCUT2D eigenvalue weighted by atomic mass is 9.86. The molecular formula is C17H19BrO. The molecule has 0 aliphatic rings. The van der Waals surface area contributed by atoms with Gasteiger partial charge in [-0.25, -0.2) is 0 Å². The van der Waals surface area contributed by atoms with Crippen LogP contribution in [-0.2, 0) is 5.41 Å². The Labute approximate surface area is 123 Å².